The van der Waals surface area contributed by atoms with Crippen molar-refractivity contribution < 1.29 is 4.43 Å². The van der Waals surface area contributed by atoms with Gasteiger partial charge < -0.3 is 4.43 Å². The SMILES string of the molecule is CCCc1ccc(C)c2c1C[Si](C)(C)O2. The fourth-order valence-electron chi connectivity index (χ4n) is 2.36. The molecule has 0 spiro atoms. The Kier molecular flexibility index (Phi) is 2.63. The first kappa shape index (κ1) is 10.7. The van der Waals surface area contributed by atoms with Gasteiger partial charge in [-0.25, -0.2) is 0 Å². The normalized spacial score (nSPS) is 17.3. The molecule has 0 fully saturated rings. The van der Waals surface area contributed by atoms with Gasteiger partial charge in [0.05, 0.1) is 0 Å². The Balaban J connectivity index is 2.45. The van der Waals surface area contributed by atoms with E-state index in [0.29, 0.717) is 0 Å². The van der Waals surface area contributed by atoms with E-state index in [1.54, 1.807) is 0 Å². The van der Waals surface area contributed by atoms with Gasteiger partial charge in [0, 0.05) is 6.04 Å². The van der Waals surface area contributed by atoms with Gasteiger partial charge >= 0.3 is 0 Å². The van der Waals surface area contributed by atoms with Crippen LogP contribution in [0.25, 0.3) is 0 Å². The van der Waals surface area contributed by atoms with E-state index in [0.717, 1.165) is 0 Å². The largest absolute Gasteiger partial charge is 0.543 e. The van der Waals surface area contributed by atoms with Gasteiger partial charge in [0.25, 0.3) is 0 Å². The minimum absolute atomic E-state index is 1.19. The van der Waals surface area contributed by atoms with Crippen LogP contribution in [0.4, 0.5) is 0 Å². The molecule has 1 heterocycles. The van der Waals surface area contributed by atoms with Gasteiger partial charge in [-0.3, -0.25) is 0 Å². The van der Waals surface area contributed by atoms with Crippen LogP contribution in [-0.4, -0.2) is 8.32 Å². The highest BCUT2D eigenvalue weighted by atomic mass is 28.4. The van der Waals surface area contributed by atoms with Crippen LogP contribution in [0.15, 0.2) is 12.1 Å². The van der Waals surface area contributed by atoms with Crippen LogP contribution in [0.2, 0.25) is 13.1 Å². The van der Waals surface area contributed by atoms with Crippen molar-refractivity contribution in [2.24, 2.45) is 0 Å². The molecule has 0 saturated carbocycles. The second-order valence-electron chi connectivity index (χ2n) is 5.14. The van der Waals surface area contributed by atoms with Crippen molar-refractivity contribution in [2.45, 2.75) is 45.8 Å². The molecular formula is C13H20OSi. The van der Waals surface area contributed by atoms with Crippen LogP contribution < -0.4 is 4.43 Å². The van der Waals surface area contributed by atoms with Gasteiger partial charge in [-0.1, -0.05) is 25.5 Å². The fourth-order valence-corrected chi connectivity index (χ4v) is 4.51. The van der Waals surface area contributed by atoms with Crippen LogP contribution in [0.3, 0.4) is 0 Å². The van der Waals surface area contributed by atoms with Crippen molar-refractivity contribution in [3.63, 3.8) is 0 Å². The summed E-state index contributed by atoms with van der Waals surface area (Å²) in [5, 5.41) is 0. The second kappa shape index (κ2) is 3.67. The molecule has 0 unspecified atom stereocenters. The van der Waals surface area contributed by atoms with E-state index in [9.17, 15) is 0 Å². The first-order valence-electron chi connectivity index (χ1n) is 5.84. The molecule has 2 heteroatoms. The van der Waals surface area contributed by atoms with Crippen molar-refractivity contribution in [3.05, 3.63) is 28.8 Å². The molecule has 0 amide bonds. The Morgan fingerprint density at radius 2 is 2.07 bits per heavy atom. The lowest BCUT2D eigenvalue weighted by molar-refractivity contribution is 0.567. The molecular weight excluding hydrogens is 200 g/mol. The van der Waals surface area contributed by atoms with E-state index in [1.165, 1.54) is 41.3 Å². The topological polar surface area (TPSA) is 9.23 Å². The number of benzene rings is 1. The van der Waals surface area contributed by atoms with Crippen molar-refractivity contribution in [1.82, 2.24) is 0 Å². The minimum atomic E-state index is -1.44. The Labute approximate surface area is 93.6 Å². The molecule has 0 N–H and O–H groups in total. The quantitative estimate of drug-likeness (QED) is 0.692. The van der Waals surface area contributed by atoms with Gasteiger partial charge in [0.1, 0.15) is 5.75 Å². The number of aryl methyl sites for hydroxylation is 2. The molecule has 0 aromatic heterocycles. The van der Waals surface area contributed by atoms with Crippen LogP contribution in [0, 0.1) is 6.92 Å². The molecule has 0 aliphatic carbocycles. The zero-order valence-electron chi connectivity index (χ0n) is 10.2. The third-order valence-electron chi connectivity index (χ3n) is 3.05. The Morgan fingerprint density at radius 1 is 1.33 bits per heavy atom. The molecule has 1 nitrogen and oxygen atoms in total. The highest BCUT2D eigenvalue weighted by molar-refractivity contribution is 6.72. The van der Waals surface area contributed by atoms with Crippen LogP contribution in [-0.2, 0) is 12.5 Å². The number of hydrogen-bond acceptors (Lipinski definition) is 1. The van der Waals surface area contributed by atoms with Gasteiger partial charge in [0.2, 0.25) is 8.32 Å². The molecule has 2 rings (SSSR count). The van der Waals surface area contributed by atoms with Gasteiger partial charge in [0.15, 0.2) is 0 Å². The standard InChI is InChI=1S/C13H20OSi/c1-5-6-11-8-7-10(2)13-12(11)9-15(3,4)14-13/h7-8H,5-6,9H2,1-4H3. The second-order valence-corrected chi connectivity index (χ2v) is 9.21. The average Bonchev–Trinajstić information content (AvgIpc) is 2.47. The number of hydrogen-bond donors (Lipinski definition) is 0. The van der Waals surface area contributed by atoms with Crippen LogP contribution in [0.5, 0.6) is 5.75 Å². The van der Waals surface area contributed by atoms with Gasteiger partial charge in [-0.15, -0.1) is 0 Å². The van der Waals surface area contributed by atoms with Crippen LogP contribution >= 0.6 is 0 Å². The summed E-state index contributed by atoms with van der Waals surface area (Å²) >= 11 is 0. The van der Waals surface area contributed by atoms with Gasteiger partial charge in [-0.2, -0.15) is 0 Å². The number of fused-ring (bicyclic) bond motifs is 1. The monoisotopic (exact) mass is 220 g/mol. The summed E-state index contributed by atoms with van der Waals surface area (Å²) in [6, 6.07) is 5.69. The summed E-state index contributed by atoms with van der Waals surface area (Å²) in [5.74, 6) is 1.21. The predicted octanol–water partition coefficient (Wildman–Crippen LogP) is 3.63. The van der Waals surface area contributed by atoms with Crippen molar-refractivity contribution in [1.29, 1.82) is 0 Å². The Hall–Kier alpha value is -0.763. The van der Waals surface area contributed by atoms with E-state index in [1.807, 2.05) is 0 Å². The van der Waals surface area contributed by atoms with Crippen molar-refractivity contribution in [3.8, 4) is 5.75 Å². The molecule has 1 aromatic carbocycles. The van der Waals surface area contributed by atoms with Crippen LogP contribution in [0.1, 0.15) is 30.0 Å². The highest BCUT2D eigenvalue weighted by Gasteiger charge is 2.35. The lowest BCUT2D eigenvalue weighted by atomic mass is 10.0. The molecule has 0 saturated heterocycles. The third-order valence-corrected chi connectivity index (χ3v) is 5.02. The third kappa shape index (κ3) is 1.96. The van der Waals surface area contributed by atoms with E-state index in [2.05, 4.69) is 39.1 Å². The summed E-state index contributed by atoms with van der Waals surface area (Å²) in [7, 11) is -1.44. The highest BCUT2D eigenvalue weighted by Crippen LogP contribution is 2.37. The summed E-state index contributed by atoms with van der Waals surface area (Å²) < 4.78 is 6.15. The maximum Gasteiger partial charge on any atom is 0.249 e. The zero-order chi connectivity index (χ0) is 11.1. The first-order valence-corrected chi connectivity index (χ1v) is 8.95. The molecule has 0 atom stereocenters. The summed E-state index contributed by atoms with van der Waals surface area (Å²) in [6.45, 7) is 9.01. The molecule has 15 heavy (non-hydrogen) atoms. The molecule has 1 aliphatic rings. The summed E-state index contributed by atoms with van der Waals surface area (Å²) in [4.78, 5) is 0. The van der Waals surface area contributed by atoms with E-state index in [-0.39, 0.29) is 0 Å². The van der Waals surface area contributed by atoms with Gasteiger partial charge in [-0.05, 0) is 43.1 Å². The van der Waals surface area contributed by atoms with Crippen molar-refractivity contribution >= 4 is 8.32 Å². The Morgan fingerprint density at radius 3 is 2.73 bits per heavy atom. The maximum atomic E-state index is 6.15. The van der Waals surface area contributed by atoms with E-state index >= 15 is 0 Å². The molecule has 0 bridgehead atoms. The number of rotatable bonds is 2. The lowest BCUT2D eigenvalue weighted by Gasteiger charge is -2.14. The average molecular weight is 220 g/mol. The predicted molar refractivity (Wildman–Crippen MR) is 67.0 cm³/mol. The lowest BCUT2D eigenvalue weighted by Crippen LogP contribution is -2.32. The minimum Gasteiger partial charge on any atom is -0.543 e. The molecule has 0 radical (unpaired) electrons. The first-order chi connectivity index (χ1) is 7.03. The molecule has 1 aliphatic heterocycles. The maximum absolute atomic E-state index is 6.15. The van der Waals surface area contributed by atoms with E-state index < -0.39 is 8.32 Å². The smallest absolute Gasteiger partial charge is 0.249 e. The Bertz CT molecular complexity index is 382. The fraction of sp³-hybridized carbons (Fsp3) is 0.538. The zero-order valence-corrected chi connectivity index (χ0v) is 11.2. The molecule has 82 valence electrons. The summed E-state index contributed by atoms with van der Waals surface area (Å²) in [5.41, 5.74) is 4.33. The van der Waals surface area contributed by atoms with Crippen molar-refractivity contribution in [2.75, 3.05) is 0 Å². The van der Waals surface area contributed by atoms with E-state index in [4.69, 9.17) is 4.43 Å². The molecule has 1 aromatic rings. The summed E-state index contributed by atoms with van der Waals surface area (Å²) in [6.07, 6.45) is 2.41.